The minimum Gasteiger partial charge on any atom is -0.353 e. The van der Waals surface area contributed by atoms with Crippen LogP contribution in [0, 0.1) is 5.92 Å². The van der Waals surface area contributed by atoms with Gasteiger partial charge in [0.25, 0.3) is 0 Å². The molecular formula is C26H34F3N5O2. The van der Waals surface area contributed by atoms with Gasteiger partial charge in [0.15, 0.2) is 0 Å². The van der Waals surface area contributed by atoms with E-state index in [9.17, 15) is 22.8 Å². The van der Waals surface area contributed by atoms with Crippen LogP contribution in [-0.4, -0.2) is 57.9 Å². The van der Waals surface area contributed by atoms with Gasteiger partial charge in [-0.3, -0.25) is 14.5 Å². The number of benzene rings is 1. The Kier molecular flexibility index (Phi) is 8.12. The van der Waals surface area contributed by atoms with E-state index >= 15 is 0 Å². The molecule has 1 aromatic carbocycles. The molecule has 2 fully saturated rings. The molecule has 0 spiro atoms. The van der Waals surface area contributed by atoms with Gasteiger partial charge in [0.05, 0.1) is 22.8 Å². The van der Waals surface area contributed by atoms with Crippen LogP contribution in [0.4, 0.5) is 13.2 Å². The predicted octanol–water partition coefficient (Wildman–Crippen LogP) is 3.86. The zero-order valence-corrected chi connectivity index (χ0v) is 20.8. The minimum atomic E-state index is -4.45. The molecule has 2 aromatic rings. The van der Waals surface area contributed by atoms with Crippen LogP contribution in [0.3, 0.4) is 0 Å². The Hall–Kier alpha value is -2.75. The fourth-order valence-corrected chi connectivity index (χ4v) is 5.60. The molecule has 2 aliphatic rings. The number of hydrogen-bond donors (Lipinski definition) is 2. The normalized spacial score (nSPS) is 22.1. The third-order valence-electron chi connectivity index (χ3n) is 7.56. The third-order valence-corrected chi connectivity index (χ3v) is 7.56. The molecule has 0 bridgehead atoms. The lowest BCUT2D eigenvalue weighted by Gasteiger charge is -2.47. The Labute approximate surface area is 209 Å². The van der Waals surface area contributed by atoms with Crippen LogP contribution in [0.1, 0.15) is 63.6 Å². The molecule has 7 nitrogen and oxygen atoms in total. The van der Waals surface area contributed by atoms with Crippen molar-refractivity contribution in [2.45, 2.75) is 83.1 Å². The van der Waals surface area contributed by atoms with Gasteiger partial charge in [-0.25, -0.2) is 9.97 Å². The molecule has 2 N–H and O–H groups in total. The summed E-state index contributed by atoms with van der Waals surface area (Å²) in [4.78, 5) is 34.6. The molecule has 1 atom stereocenters. The van der Waals surface area contributed by atoms with Crippen molar-refractivity contribution in [3.05, 3.63) is 35.8 Å². The number of alkyl halides is 3. The number of hydrogen-bond acceptors (Lipinski definition) is 5. The molecule has 0 radical (unpaired) electrons. The van der Waals surface area contributed by atoms with Gasteiger partial charge in [-0.15, -0.1) is 0 Å². The van der Waals surface area contributed by atoms with E-state index in [4.69, 9.17) is 0 Å². The van der Waals surface area contributed by atoms with Crippen molar-refractivity contribution < 1.29 is 22.8 Å². The summed E-state index contributed by atoms with van der Waals surface area (Å²) in [6.07, 6.45) is 2.62. The molecule has 2 amide bonds. The number of amides is 2. The van der Waals surface area contributed by atoms with E-state index in [2.05, 4.69) is 32.4 Å². The molecule has 1 saturated carbocycles. The number of rotatable bonds is 8. The van der Waals surface area contributed by atoms with Crippen molar-refractivity contribution in [3.63, 3.8) is 0 Å². The van der Waals surface area contributed by atoms with Gasteiger partial charge in [-0.2, -0.15) is 13.2 Å². The number of likely N-dealkylation sites (tertiary alicyclic amines) is 1. The van der Waals surface area contributed by atoms with Crippen LogP contribution >= 0.6 is 0 Å². The third kappa shape index (κ3) is 6.32. The first kappa shape index (κ1) is 26.3. The molecule has 1 aliphatic carbocycles. The highest BCUT2D eigenvalue weighted by atomic mass is 19.4. The Bertz CT molecular complexity index is 1080. The summed E-state index contributed by atoms with van der Waals surface area (Å²) in [5.74, 6) is 0.435. The van der Waals surface area contributed by atoms with Crippen molar-refractivity contribution in [2.75, 3.05) is 13.1 Å². The quantitative estimate of drug-likeness (QED) is 0.569. The van der Waals surface area contributed by atoms with Gasteiger partial charge in [-0.1, -0.05) is 6.92 Å². The minimum absolute atomic E-state index is 0.0317. The van der Waals surface area contributed by atoms with E-state index in [1.54, 1.807) is 6.92 Å². The summed E-state index contributed by atoms with van der Waals surface area (Å²) < 4.78 is 39.3. The molecule has 1 unspecified atom stereocenters. The van der Waals surface area contributed by atoms with Gasteiger partial charge < -0.3 is 10.6 Å². The lowest BCUT2D eigenvalue weighted by atomic mass is 9.79. The number of nitrogens with one attached hydrogen (secondary N) is 2. The number of nitrogens with zero attached hydrogens (tertiary/aromatic N) is 3. The van der Waals surface area contributed by atoms with Crippen LogP contribution in [0.2, 0.25) is 0 Å². The van der Waals surface area contributed by atoms with Crippen LogP contribution in [0.5, 0.6) is 0 Å². The fraction of sp³-hybridized carbons (Fsp3) is 0.615. The second-order valence-electron chi connectivity index (χ2n) is 10.1. The first-order valence-corrected chi connectivity index (χ1v) is 12.8. The standard InChI is InChI=1S/C26H34F3N5O2/c1-3-22(32-16(2)35)17-4-7-20(8-5-17)34-13-19(14-34)33-25(36)11-10-24-21-12-18(26(27,28)29)6-9-23(21)30-15-31-24/h6,9,12,15,17,19-20,22H,3-5,7-8,10-11,13-14H2,1-2H3,(H,32,35)(H,33,36). The molecule has 196 valence electrons. The van der Waals surface area contributed by atoms with E-state index in [0.717, 1.165) is 57.3 Å². The van der Waals surface area contributed by atoms with Crippen LogP contribution in [0.25, 0.3) is 10.9 Å². The summed E-state index contributed by atoms with van der Waals surface area (Å²) in [5, 5.41) is 6.46. The van der Waals surface area contributed by atoms with Gasteiger partial charge in [0, 0.05) is 43.9 Å². The van der Waals surface area contributed by atoms with Crippen LogP contribution in [-0.2, 0) is 22.2 Å². The number of aromatic nitrogens is 2. The van der Waals surface area contributed by atoms with Crippen molar-refractivity contribution in [2.24, 2.45) is 5.92 Å². The smallest absolute Gasteiger partial charge is 0.353 e. The van der Waals surface area contributed by atoms with Crippen molar-refractivity contribution in [1.29, 1.82) is 0 Å². The maximum absolute atomic E-state index is 13.1. The average molecular weight is 506 g/mol. The average Bonchev–Trinajstić information content (AvgIpc) is 2.82. The Morgan fingerprint density at radius 2 is 1.86 bits per heavy atom. The topological polar surface area (TPSA) is 87.2 Å². The van der Waals surface area contributed by atoms with E-state index in [-0.39, 0.29) is 36.7 Å². The van der Waals surface area contributed by atoms with Gasteiger partial charge in [0.1, 0.15) is 6.33 Å². The van der Waals surface area contributed by atoms with Crippen LogP contribution in [0.15, 0.2) is 24.5 Å². The molecule has 1 saturated heterocycles. The second kappa shape index (κ2) is 11.1. The summed E-state index contributed by atoms with van der Waals surface area (Å²) in [5.41, 5.74) is 0.123. The maximum atomic E-state index is 13.1. The summed E-state index contributed by atoms with van der Waals surface area (Å²) in [6.45, 7) is 5.31. The highest BCUT2D eigenvalue weighted by Gasteiger charge is 2.36. The van der Waals surface area contributed by atoms with E-state index in [1.807, 2.05) is 0 Å². The molecule has 36 heavy (non-hydrogen) atoms. The Morgan fingerprint density at radius 1 is 1.14 bits per heavy atom. The molecule has 1 aromatic heterocycles. The molecular weight excluding hydrogens is 471 g/mol. The van der Waals surface area contributed by atoms with Crippen molar-refractivity contribution in [3.8, 4) is 0 Å². The number of fused-ring (bicyclic) bond motifs is 1. The van der Waals surface area contributed by atoms with Gasteiger partial charge >= 0.3 is 6.18 Å². The van der Waals surface area contributed by atoms with Crippen LogP contribution < -0.4 is 10.6 Å². The van der Waals surface area contributed by atoms with Crippen molar-refractivity contribution in [1.82, 2.24) is 25.5 Å². The summed E-state index contributed by atoms with van der Waals surface area (Å²) in [6, 6.07) is 4.25. The van der Waals surface area contributed by atoms with E-state index < -0.39 is 11.7 Å². The highest BCUT2D eigenvalue weighted by Crippen LogP contribution is 2.33. The lowest BCUT2D eigenvalue weighted by molar-refractivity contribution is -0.137. The van der Waals surface area contributed by atoms with E-state index in [1.165, 1.54) is 12.4 Å². The molecule has 4 rings (SSSR count). The number of aryl methyl sites for hydroxylation is 1. The largest absolute Gasteiger partial charge is 0.416 e. The van der Waals surface area contributed by atoms with Gasteiger partial charge in [0.2, 0.25) is 11.8 Å². The lowest BCUT2D eigenvalue weighted by Crippen LogP contribution is -2.62. The maximum Gasteiger partial charge on any atom is 0.416 e. The first-order valence-electron chi connectivity index (χ1n) is 12.8. The first-order chi connectivity index (χ1) is 17.1. The summed E-state index contributed by atoms with van der Waals surface area (Å²) >= 11 is 0. The Morgan fingerprint density at radius 3 is 2.50 bits per heavy atom. The Balaban J connectivity index is 1.22. The predicted molar refractivity (Wildman–Crippen MR) is 130 cm³/mol. The zero-order valence-electron chi connectivity index (χ0n) is 20.8. The monoisotopic (exact) mass is 505 g/mol. The van der Waals surface area contributed by atoms with E-state index in [0.29, 0.717) is 28.6 Å². The number of halogens is 3. The molecule has 1 aliphatic heterocycles. The zero-order chi connectivity index (χ0) is 25.9. The molecule has 2 heterocycles. The summed E-state index contributed by atoms with van der Waals surface area (Å²) in [7, 11) is 0. The SMILES string of the molecule is CCC(NC(C)=O)C1CCC(N2CC(NC(=O)CCc3ncnc4ccc(C(F)(F)F)cc34)C2)CC1. The highest BCUT2D eigenvalue weighted by molar-refractivity contribution is 5.83. The second-order valence-corrected chi connectivity index (χ2v) is 10.1. The van der Waals surface area contributed by atoms with Crippen molar-refractivity contribution >= 4 is 22.7 Å². The number of carbonyl (C=O) groups is 2. The number of carbonyl (C=O) groups excluding carboxylic acids is 2. The molecule has 10 heteroatoms. The van der Waals surface area contributed by atoms with Gasteiger partial charge in [-0.05, 0) is 62.6 Å². The fourth-order valence-electron chi connectivity index (χ4n) is 5.60.